The van der Waals surface area contributed by atoms with Gasteiger partial charge in [-0.15, -0.1) is 0 Å². The second-order valence-corrected chi connectivity index (χ2v) is 7.85. The van der Waals surface area contributed by atoms with Crippen molar-refractivity contribution in [2.75, 3.05) is 36.0 Å². The molecule has 0 atom stereocenters. The number of aromatic nitrogens is 2. The highest BCUT2D eigenvalue weighted by Gasteiger charge is 2.21. The molecule has 4 heterocycles. The molecule has 154 valence electrons. The number of piperidine rings is 2. The van der Waals surface area contributed by atoms with Gasteiger partial charge in [0.2, 0.25) is 0 Å². The lowest BCUT2D eigenvalue weighted by molar-refractivity contribution is 0.234. The number of carbonyl (C=O) groups excluding carboxylic acids is 1. The quantitative estimate of drug-likeness (QED) is 0.816. The van der Waals surface area contributed by atoms with E-state index in [4.69, 9.17) is 0 Å². The van der Waals surface area contributed by atoms with Crippen molar-refractivity contribution in [1.82, 2.24) is 20.6 Å². The first-order valence-electron chi connectivity index (χ1n) is 10.7. The molecule has 2 aliphatic heterocycles. The Hall–Kier alpha value is -2.83. The Morgan fingerprint density at radius 1 is 0.931 bits per heavy atom. The highest BCUT2D eigenvalue weighted by atomic mass is 16.2. The van der Waals surface area contributed by atoms with Crippen LogP contribution in [0.15, 0.2) is 42.7 Å². The first-order valence-corrected chi connectivity index (χ1v) is 10.7. The van der Waals surface area contributed by atoms with Crippen molar-refractivity contribution in [1.29, 1.82) is 0 Å². The molecule has 29 heavy (non-hydrogen) atoms. The highest BCUT2D eigenvalue weighted by molar-refractivity contribution is 5.74. The molecule has 0 radical (unpaired) electrons. The van der Waals surface area contributed by atoms with Gasteiger partial charge >= 0.3 is 6.03 Å². The number of hydrogen-bond donors (Lipinski definition) is 2. The molecular formula is C22H30N6O. The number of hydrogen-bond acceptors (Lipinski definition) is 5. The van der Waals surface area contributed by atoms with Crippen LogP contribution < -0.4 is 20.4 Å². The molecule has 7 heteroatoms. The van der Waals surface area contributed by atoms with Crippen molar-refractivity contribution in [2.24, 2.45) is 0 Å². The van der Waals surface area contributed by atoms with Crippen molar-refractivity contribution in [3.05, 3.63) is 48.3 Å². The average Bonchev–Trinajstić information content (AvgIpc) is 2.80. The molecule has 0 unspecified atom stereocenters. The standard InChI is InChI=1S/C22H30N6O/c29-22(26-19-9-14-28(15-10-19)20-6-2-3-11-23-20)25-17-18-7-8-21(24-16-18)27-12-4-1-5-13-27/h2-3,6-8,11,16,19H,1,4-5,9-10,12-15,17H2,(H2,25,26,29). The minimum atomic E-state index is -0.110. The Labute approximate surface area is 172 Å². The molecule has 2 amide bonds. The number of amides is 2. The van der Waals surface area contributed by atoms with Gasteiger partial charge in [-0.3, -0.25) is 0 Å². The van der Waals surface area contributed by atoms with E-state index in [1.54, 1.807) is 0 Å². The maximum absolute atomic E-state index is 12.3. The predicted molar refractivity (Wildman–Crippen MR) is 115 cm³/mol. The van der Waals surface area contributed by atoms with Crippen molar-refractivity contribution >= 4 is 17.7 Å². The summed E-state index contributed by atoms with van der Waals surface area (Å²) in [5.74, 6) is 2.05. The zero-order chi connectivity index (χ0) is 19.9. The van der Waals surface area contributed by atoms with Crippen LogP contribution in [0.2, 0.25) is 0 Å². The van der Waals surface area contributed by atoms with Gasteiger partial charge in [0.15, 0.2) is 0 Å². The Morgan fingerprint density at radius 2 is 1.69 bits per heavy atom. The molecule has 2 saturated heterocycles. The van der Waals surface area contributed by atoms with Gasteiger partial charge in [0.05, 0.1) is 0 Å². The smallest absolute Gasteiger partial charge is 0.315 e. The Balaban J connectivity index is 1.18. The van der Waals surface area contributed by atoms with Gasteiger partial charge in [-0.2, -0.15) is 0 Å². The Kier molecular flexibility index (Phi) is 6.44. The van der Waals surface area contributed by atoms with Crippen LogP contribution in [-0.4, -0.2) is 48.2 Å². The Morgan fingerprint density at radius 3 is 2.38 bits per heavy atom. The van der Waals surface area contributed by atoms with E-state index in [2.05, 4.69) is 42.5 Å². The minimum Gasteiger partial charge on any atom is -0.357 e. The molecule has 4 rings (SSSR count). The molecule has 7 nitrogen and oxygen atoms in total. The second kappa shape index (κ2) is 9.58. The summed E-state index contributed by atoms with van der Waals surface area (Å²) in [6.07, 6.45) is 9.34. The summed E-state index contributed by atoms with van der Waals surface area (Å²) in [6.45, 7) is 4.48. The zero-order valence-corrected chi connectivity index (χ0v) is 16.9. The molecule has 0 aliphatic carbocycles. The summed E-state index contributed by atoms with van der Waals surface area (Å²) in [5, 5.41) is 6.06. The molecule has 2 fully saturated rings. The lowest BCUT2D eigenvalue weighted by Crippen LogP contribution is -2.48. The number of nitrogens with zero attached hydrogens (tertiary/aromatic N) is 4. The Bertz CT molecular complexity index is 768. The van der Waals surface area contributed by atoms with Gasteiger partial charge < -0.3 is 20.4 Å². The molecule has 0 saturated carbocycles. The topological polar surface area (TPSA) is 73.4 Å². The lowest BCUT2D eigenvalue weighted by Gasteiger charge is -2.33. The monoisotopic (exact) mass is 394 g/mol. The molecule has 2 aromatic heterocycles. The number of pyridine rings is 2. The van der Waals surface area contributed by atoms with Crippen LogP contribution in [0.1, 0.15) is 37.7 Å². The lowest BCUT2D eigenvalue weighted by atomic mass is 10.1. The zero-order valence-electron chi connectivity index (χ0n) is 16.9. The molecule has 0 bridgehead atoms. The summed E-state index contributed by atoms with van der Waals surface area (Å²) in [7, 11) is 0. The molecule has 2 N–H and O–H groups in total. The van der Waals surface area contributed by atoms with E-state index in [9.17, 15) is 4.79 Å². The van der Waals surface area contributed by atoms with E-state index in [-0.39, 0.29) is 12.1 Å². The summed E-state index contributed by atoms with van der Waals surface area (Å²) in [4.78, 5) is 25.9. The van der Waals surface area contributed by atoms with E-state index in [1.807, 2.05) is 30.6 Å². The third kappa shape index (κ3) is 5.37. The number of rotatable bonds is 5. The number of anilines is 2. The van der Waals surface area contributed by atoms with Crippen molar-refractivity contribution < 1.29 is 4.79 Å². The predicted octanol–water partition coefficient (Wildman–Crippen LogP) is 2.94. The van der Waals surface area contributed by atoms with E-state index in [1.165, 1.54) is 19.3 Å². The van der Waals surface area contributed by atoms with Gasteiger partial charge in [-0.05, 0) is 55.9 Å². The largest absolute Gasteiger partial charge is 0.357 e. The number of carbonyl (C=O) groups is 1. The van der Waals surface area contributed by atoms with Gasteiger partial charge in [0.1, 0.15) is 11.6 Å². The van der Waals surface area contributed by atoms with E-state index >= 15 is 0 Å². The maximum Gasteiger partial charge on any atom is 0.315 e. The molecular weight excluding hydrogens is 364 g/mol. The SMILES string of the molecule is O=C(NCc1ccc(N2CCCCC2)nc1)NC1CCN(c2ccccn2)CC1. The van der Waals surface area contributed by atoms with Gasteiger partial charge in [0.25, 0.3) is 0 Å². The van der Waals surface area contributed by atoms with Crippen LogP contribution in [0.4, 0.5) is 16.4 Å². The summed E-state index contributed by atoms with van der Waals surface area (Å²) in [5.41, 5.74) is 1.02. The second-order valence-electron chi connectivity index (χ2n) is 7.85. The summed E-state index contributed by atoms with van der Waals surface area (Å²) >= 11 is 0. The normalized spacial score (nSPS) is 17.8. The van der Waals surface area contributed by atoms with Crippen LogP contribution in [0, 0.1) is 0 Å². The number of nitrogens with one attached hydrogen (secondary N) is 2. The van der Waals surface area contributed by atoms with Crippen LogP contribution in [-0.2, 0) is 6.54 Å². The number of urea groups is 1. The fourth-order valence-corrected chi connectivity index (χ4v) is 4.04. The van der Waals surface area contributed by atoms with Gasteiger partial charge in [0, 0.05) is 51.2 Å². The van der Waals surface area contributed by atoms with Gasteiger partial charge in [-0.25, -0.2) is 14.8 Å². The average molecular weight is 395 g/mol. The minimum absolute atomic E-state index is 0.110. The molecule has 2 aliphatic rings. The summed E-state index contributed by atoms with van der Waals surface area (Å²) in [6, 6.07) is 10.2. The van der Waals surface area contributed by atoms with E-state index < -0.39 is 0 Å². The maximum atomic E-state index is 12.3. The first kappa shape index (κ1) is 19.5. The van der Waals surface area contributed by atoms with E-state index in [0.717, 1.165) is 56.2 Å². The molecule has 0 aromatic carbocycles. The fraction of sp³-hybridized carbons (Fsp3) is 0.500. The van der Waals surface area contributed by atoms with Crippen molar-refractivity contribution in [3.8, 4) is 0 Å². The first-order chi connectivity index (χ1) is 14.3. The molecule has 2 aromatic rings. The third-order valence-corrected chi connectivity index (χ3v) is 5.75. The van der Waals surface area contributed by atoms with Crippen molar-refractivity contribution in [2.45, 2.75) is 44.7 Å². The van der Waals surface area contributed by atoms with Crippen LogP contribution >= 0.6 is 0 Å². The van der Waals surface area contributed by atoms with Crippen LogP contribution in [0.3, 0.4) is 0 Å². The van der Waals surface area contributed by atoms with Crippen LogP contribution in [0.5, 0.6) is 0 Å². The summed E-state index contributed by atoms with van der Waals surface area (Å²) < 4.78 is 0. The fourth-order valence-electron chi connectivity index (χ4n) is 4.04. The van der Waals surface area contributed by atoms with Crippen molar-refractivity contribution in [3.63, 3.8) is 0 Å². The third-order valence-electron chi connectivity index (χ3n) is 5.75. The van der Waals surface area contributed by atoms with Crippen LogP contribution in [0.25, 0.3) is 0 Å². The molecule has 0 spiro atoms. The highest BCUT2D eigenvalue weighted by Crippen LogP contribution is 2.18. The van der Waals surface area contributed by atoms with E-state index in [0.29, 0.717) is 6.54 Å². The van der Waals surface area contributed by atoms with Gasteiger partial charge in [-0.1, -0.05) is 12.1 Å².